The van der Waals surface area contributed by atoms with E-state index in [4.69, 9.17) is 5.11 Å². The van der Waals surface area contributed by atoms with Gasteiger partial charge < -0.3 is 5.11 Å². The van der Waals surface area contributed by atoms with E-state index in [1.165, 1.54) is 0 Å². The number of nitrogens with zero attached hydrogens (tertiary/aromatic N) is 1. The lowest BCUT2D eigenvalue weighted by Crippen LogP contribution is -2.42. The lowest BCUT2D eigenvalue weighted by molar-refractivity contribution is -0.144. The summed E-state index contributed by atoms with van der Waals surface area (Å²) in [7, 11) is 0. The summed E-state index contributed by atoms with van der Waals surface area (Å²) >= 11 is 0. The van der Waals surface area contributed by atoms with Crippen LogP contribution in [0.4, 0.5) is 4.39 Å². The van der Waals surface area contributed by atoms with E-state index in [9.17, 15) is 9.18 Å². The van der Waals surface area contributed by atoms with Gasteiger partial charge in [0.15, 0.2) is 0 Å². The molecular weight excluding hydrogens is 245 g/mol. The predicted molar refractivity (Wildman–Crippen MR) is 71.3 cm³/mol. The minimum atomic E-state index is -0.749. The molecular formula is C15H20FNO2. The van der Waals surface area contributed by atoms with Gasteiger partial charge >= 0.3 is 5.97 Å². The Hall–Kier alpha value is -1.42. The van der Waals surface area contributed by atoms with Crippen LogP contribution in [-0.4, -0.2) is 29.1 Å². The van der Waals surface area contributed by atoms with Gasteiger partial charge in [0.05, 0.1) is 5.92 Å². The Kier molecular flexibility index (Phi) is 4.20. The second-order valence-corrected chi connectivity index (χ2v) is 5.62. The van der Waals surface area contributed by atoms with Gasteiger partial charge in [0, 0.05) is 25.2 Å². The van der Waals surface area contributed by atoms with Crippen molar-refractivity contribution in [3.63, 3.8) is 0 Å². The molecule has 1 aromatic rings. The predicted octanol–water partition coefficient (Wildman–Crippen LogP) is 2.68. The van der Waals surface area contributed by atoms with E-state index in [1.807, 2.05) is 11.0 Å². The molecule has 1 N–H and O–H groups in total. The number of benzene rings is 1. The second kappa shape index (κ2) is 5.70. The van der Waals surface area contributed by atoms with Gasteiger partial charge in [0.25, 0.3) is 0 Å². The third kappa shape index (κ3) is 3.32. The van der Waals surface area contributed by atoms with Crippen molar-refractivity contribution in [2.75, 3.05) is 13.1 Å². The van der Waals surface area contributed by atoms with Crippen LogP contribution in [0.5, 0.6) is 0 Å². The molecule has 4 heteroatoms. The second-order valence-electron chi connectivity index (χ2n) is 5.62. The number of aryl methyl sites for hydroxylation is 1. The molecule has 1 saturated heterocycles. The molecule has 1 heterocycles. The Morgan fingerprint density at radius 3 is 2.89 bits per heavy atom. The highest BCUT2D eigenvalue weighted by molar-refractivity contribution is 5.70. The fourth-order valence-corrected chi connectivity index (χ4v) is 2.84. The zero-order chi connectivity index (χ0) is 14.0. The van der Waals surface area contributed by atoms with Crippen molar-refractivity contribution in [1.29, 1.82) is 0 Å². The maximum absolute atomic E-state index is 14.0. The SMILES string of the molecule is Cc1cccc(CN2CC(C)CC(C(=O)O)C2)c1F. The van der Waals surface area contributed by atoms with E-state index in [1.54, 1.807) is 19.1 Å². The Morgan fingerprint density at radius 2 is 2.21 bits per heavy atom. The van der Waals surface area contributed by atoms with E-state index in [2.05, 4.69) is 6.92 Å². The molecule has 0 amide bonds. The molecule has 0 aromatic heterocycles. The van der Waals surface area contributed by atoms with E-state index in [0.717, 1.165) is 6.54 Å². The number of aliphatic carboxylic acids is 1. The molecule has 1 aliphatic heterocycles. The lowest BCUT2D eigenvalue weighted by Gasteiger charge is -2.34. The molecule has 2 unspecified atom stereocenters. The standard InChI is InChI=1S/C15H20FNO2/c1-10-6-13(15(18)19)9-17(7-10)8-12-5-3-4-11(2)14(12)16/h3-5,10,13H,6-9H2,1-2H3,(H,18,19). The number of hydrogen-bond acceptors (Lipinski definition) is 2. The van der Waals surface area contributed by atoms with Crippen LogP contribution >= 0.6 is 0 Å². The summed E-state index contributed by atoms with van der Waals surface area (Å²) in [5, 5.41) is 9.14. The Labute approximate surface area is 113 Å². The summed E-state index contributed by atoms with van der Waals surface area (Å²) in [6, 6.07) is 5.37. The molecule has 3 nitrogen and oxygen atoms in total. The summed E-state index contributed by atoms with van der Waals surface area (Å²) in [5.74, 6) is -0.923. The first-order valence-electron chi connectivity index (χ1n) is 6.66. The number of piperidine rings is 1. The van der Waals surface area contributed by atoms with Gasteiger partial charge in [0.2, 0.25) is 0 Å². The van der Waals surface area contributed by atoms with Crippen LogP contribution in [0.15, 0.2) is 18.2 Å². The minimum Gasteiger partial charge on any atom is -0.481 e. The van der Waals surface area contributed by atoms with Crippen LogP contribution in [-0.2, 0) is 11.3 Å². The van der Waals surface area contributed by atoms with Gasteiger partial charge in [-0.3, -0.25) is 9.69 Å². The fraction of sp³-hybridized carbons (Fsp3) is 0.533. The van der Waals surface area contributed by atoms with Crippen LogP contribution in [0.2, 0.25) is 0 Å². The maximum atomic E-state index is 14.0. The third-order valence-corrected chi connectivity index (χ3v) is 3.75. The number of carbonyl (C=O) groups is 1. The first kappa shape index (κ1) is 14.0. The van der Waals surface area contributed by atoms with Crippen molar-refractivity contribution in [3.8, 4) is 0 Å². The monoisotopic (exact) mass is 265 g/mol. The number of likely N-dealkylation sites (tertiary alicyclic amines) is 1. The number of hydrogen-bond donors (Lipinski definition) is 1. The first-order chi connectivity index (χ1) is 8.97. The molecule has 19 heavy (non-hydrogen) atoms. The van der Waals surface area contributed by atoms with Crippen molar-refractivity contribution >= 4 is 5.97 Å². The van der Waals surface area contributed by atoms with Gasteiger partial charge in [-0.15, -0.1) is 0 Å². The zero-order valence-electron chi connectivity index (χ0n) is 11.4. The molecule has 2 atom stereocenters. The largest absolute Gasteiger partial charge is 0.481 e. The average molecular weight is 265 g/mol. The van der Waals surface area contributed by atoms with E-state index < -0.39 is 5.97 Å². The topological polar surface area (TPSA) is 40.5 Å². The highest BCUT2D eigenvalue weighted by Gasteiger charge is 2.29. The molecule has 0 radical (unpaired) electrons. The van der Waals surface area contributed by atoms with Crippen molar-refractivity contribution in [3.05, 3.63) is 35.1 Å². The maximum Gasteiger partial charge on any atom is 0.307 e. The smallest absolute Gasteiger partial charge is 0.307 e. The Balaban J connectivity index is 2.09. The molecule has 1 aromatic carbocycles. The van der Waals surface area contributed by atoms with Gasteiger partial charge in [-0.05, 0) is 24.8 Å². The number of halogens is 1. The molecule has 104 valence electrons. The fourth-order valence-electron chi connectivity index (χ4n) is 2.84. The Bertz CT molecular complexity index is 475. The van der Waals surface area contributed by atoms with Crippen molar-refractivity contribution < 1.29 is 14.3 Å². The van der Waals surface area contributed by atoms with Crippen molar-refractivity contribution in [2.24, 2.45) is 11.8 Å². The minimum absolute atomic E-state index is 0.174. The molecule has 1 fully saturated rings. The molecule has 0 aliphatic carbocycles. The van der Waals surface area contributed by atoms with Gasteiger partial charge in [-0.2, -0.15) is 0 Å². The lowest BCUT2D eigenvalue weighted by atomic mass is 9.90. The van der Waals surface area contributed by atoms with Gasteiger partial charge in [-0.25, -0.2) is 4.39 Å². The third-order valence-electron chi connectivity index (χ3n) is 3.75. The van der Waals surface area contributed by atoms with Crippen LogP contribution < -0.4 is 0 Å². The molecule has 2 rings (SSSR count). The van der Waals surface area contributed by atoms with Crippen LogP contribution in [0.25, 0.3) is 0 Å². The summed E-state index contributed by atoms with van der Waals surface area (Å²) in [6.07, 6.45) is 0.710. The first-order valence-corrected chi connectivity index (χ1v) is 6.66. The molecule has 1 aliphatic rings. The summed E-state index contributed by atoms with van der Waals surface area (Å²) in [5.41, 5.74) is 1.29. The average Bonchev–Trinajstić information content (AvgIpc) is 2.34. The van der Waals surface area contributed by atoms with E-state index in [0.29, 0.717) is 36.6 Å². The number of carboxylic acid groups (broad SMARTS) is 1. The van der Waals surface area contributed by atoms with E-state index in [-0.39, 0.29) is 11.7 Å². The van der Waals surface area contributed by atoms with Crippen molar-refractivity contribution in [1.82, 2.24) is 4.90 Å². The van der Waals surface area contributed by atoms with Crippen LogP contribution in [0, 0.1) is 24.6 Å². The molecule has 0 bridgehead atoms. The quantitative estimate of drug-likeness (QED) is 0.913. The van der Waals surface area contributed by atoms with E-state index >= 15 is 0 Å². The van der Waals surface area contributed by atoms with Crippen molar-refractivity contribution in [2.45, 2.75) is 26.8 Å². The number of rotatable bonds is 3. The Morgan fingerprint density at radius 1 is 1.47 bits per heavy atom. The summed E-state index contributed by atoms with van der Waals surface area (Å²) in [4.78, 5) is 13.2. The zero-order valence-corrected chi connectivity index (χ0v) is 11.4. The summed E-state index contributed by atoms with van der Waals surface area (Å²) in [6.45, 7) is 5.62. The van der Waals surface area contributed by atoms with Crippen LogP contribution in [0.3, 0.4) is 0 Å². The molecule has 0 spiro atoms. The summed E-state index contributed by atoms with van der Waals surface area (Å²) < 4.78 is 14.0. The highest BCUT2D eigenvalue weighted by Crippen LogP contribution is 2.24. The van der Waals surface area contributed by atoms with Gasteiger partial charge in [0.1, 0.15) is 5.82 Å². The van der Waals surface area contributed by atoms with Gasteiger partial charge in [-0.1, -0.05) is 25.1 Å². The highest BCUT2D eigenvalue weighted by atomic mass is 19.1. The normalized spacial score (nSPS) is 24.4. The molecule has 0 saturated carbocycles. The van der Waals surface area contributed by atoms with Crippen LogP contribution in [0.1, 0.15) is 24.5 Å². The number of carboxylic acids is 1.